The normalized spacial score (nSPS) is 17.4. The summed E-state index contributed by atoms with van der Waals surface area (Å²) in [6, 6.07) is 7.80. The highest BCUT2D eigenvalue weighted by Crippen LogP contribution is 2.21. The van der Waals surface area contributed by atoms with Crippen LogP contribution in [0.3, 0.4) is 0 Å². The predicted molar refractivity (Wildman–Crippen MR) is 80.7 cm³/mol. The molecule has 20 heavy (non-hydrogen) atoms. The van der Waals surface area contributed by atoms with Crippen molar-refractivity contribution in [3.8, 4) is 0 Å². The second kappa shape index (κ2) is 5.17. The number of piperidine rings is 1. The Labute approximate surface area is 118 Å². The summed E-state index contributed by atoms with van der Waals surface area (Å²) in [5.74, 6) is -0.0462. The third kappa shape index (κ3) is 2.49. The van der Waals surface area contributed by atoms with Gasteiger partial charge in [0.25, 0.3) is 5.91 Å². The summed E-state index contributed by atoms with van der Waals surface area (Å²) in [7, 11) is 2.11. The minimum absolute atomic E-state index is 0.0462. The zero-order valence-corrected chi connectivity index (χ0v) is 11.6. The number of aromatic amines is 1. The quantitative estimate of drug-likeness (QED) is 0.727. The van der Waals surface area contributed by atoms with Crippen molar-refractivity contribution < 1.29 is 4.79 Å². The minimum Gasteiger partial charge on any atom is -0.397 e. The zero-order chi connectivity index (χ0) is 14.1. The van der Waals surface area contributed by atoms with Crippen LogP contribution < -0.4 is 11.1 Å². The highest BCUT2D eigenvalue weighted by Gasteiger charge is 2.20. The van der Waals surface area contributed by atoms with Crippen LogP contribution in [0.1, 0.15) is 23.3 Å². The minimum atomic E-state index is -0.0462. The van der Waals surface area contributed by atoms with Gasteiger partial charge in [0, 0.05) is 11.4 Å². The van der Waals surface area contributed by atoms with Crippen LogP contribution in [0.4, 0.5) is 5.69 Å². The largest absolute Gasteiger partial charge is 0.397 e. The number of rotatable bonds is 2. The molecule has 1 saturated heterocycles. The fourth-order valence-corrected chi connectivity index (χ4v) is 2.72. The number of benzene rings is 1. The first-order valence-corrected chi connectivity index (χ1v) is 7.00. The molecule has 2 aromatic rings. The number of likely N-dealkylation sites (tertiary alicyclic amines) is 1. The Kier molecular flexibility index (Phi) is 3.36. The third-order valence-electron chi connectivity index (χ3n) is 3.99. The highest BCUT2D eigenvalue weighted by atomic mass is 16.1. The summed E-state index contributed by atoms with van der Waals surface area (Å²) in [5, 5.41) is 4.07. The van der Waals surface area contributed by atoms with Crippen molar-refractivity contribution in [2.45, 2.75) is 18.9 Å². The number of amides is 1. The maximum atomic E-state index is 12.3. The molecule has 5 heteroatoms. The van der Waals surface area contributed by atoms with Gasteiger partial charge in [-0.3, -0.25) is 4.79 Å². The fraction of sp³-hybridized carbons (Fsp3) is 0.400. The number of carbonyl (C=O) groups is 1. The Bertz CT molecular complexity index is 626. The van der Waals surface area contributed by atoms with Crippen LogP contribution in [-0.2, 0) is 0 Å². The maximum absolute atomic E-state index is 12.3. The molecule has 2 heterocycles. The Morgan fingerprint density at radius 3 is 2.85 bits per heavy atom. The van der Waals surface area contributed by atoms with Crippen LogP contribution in [0, 0.1) is 0 Å². The van der Waals surface area contributed by atoms with Gasteiger partial charge in [-0.1, -0.05) is 12.1 Å². The van der Waals surface area contributed by atoms with Crippen LogP contribution in [0.15, 0.2) is 24.3 Å². The van der Waals surface area contributed by atoms with Gasteiger partial charge in [-0.2, -0.15) is 0 Å². The first-order chi connectivity index (χ1) is 9.63. The molecule has 1 aromatic heterocycles. The van der Waals surface area contributed by atoms with Crippen molar-refractivity contribution in [2.75, 3.05) is 25.9 Å². The van der Waals surface area contributed by atoms with Crippen LogP contribution in [-0.4, -0.2) is 42.0 Å². The molecule has 106 valence electrons. The maximum Gasteiger partial charge on any atom is 0.267 e. The number of aromatic nitrogens is 1. The van der Waals surface area contributed by atoms with E-state index in [-0.39, 0.29) is 11.9 Å². The number of anilines is 1. The van der Waals surface area contributed by atoms with Gasteiger partial charge in [0.2, 0.25) is 0 Å². The lowest BCUT2D eigenvalue weighted by Gasteiger charge is -2.29. The summed E-state index contributed by atoms with van der Waals surface area (Å²) in [4.78, 5) is 17.7. The molecular weight excluding hydrogens is 252 g/mol. The smallest absolute Gasteiger partial charge is 0.267 e. The summed E-state index contributed by atoms with van der Waals surface area (Å²) in [6.45, 7) is 2.06. The van der Waals surface area contributed by atoms with E-state index in [1.54, 1.807) is 0 Å². The SMILES string of the molecule is CN1CCC(NC(=O)c2cc3cccc(N)c3[nH]2)CC1. The number of hydrogen-bond acceptors (Lipinski definition) is 3. The van der Waals surface area contributed by atoms with E-state index in [0.29, 0.717) is 11.4 Å². The number of nitrogen functional groups attached to an aromatic ring is 1. The molecule has 4 N–H and O–H groups in total. The Balaban J connectivity index is 1.74. The standard InChI is InChI=1S/C15H20N4O/c1-19-7-5-11(6-8-19)17-15(20)13-9-10-3-2-4-12(16)14(10)18-13/h2-4,9,11,18H,5-8,16H2,1H3,(H,17,20). The summed E-state index contributed by atoms with van der Waals surface area (Å²) in [5.41, 5.74) is 7.98. The Morgan fingerprint density at radius 1 is 1.40 bits per heavy atom. The molecule has 0 atom stereocenters. The van der Waals surface area contributed by atoms with Gasteiger partial charge in [0.05, 0.1) is 11.2 Å². The van der Waals surface area contributed by atoms with E-state index >= 15 is 0 Å². The second-order valence-electron chi connectivity index (χ2n) is 5.55. The molecule has 1 fully saturated rings. The van der Waals surface area contributed by atoms with Crippen molar-refractivity contribution in [3.63, 3.8) is 0 Å². The van der Waals surface area contributed by atoms with Crippen LogP contribution in [0.25, 0.3) is 10.9 Å². The van der Waals surface area contributed by atoms with Crippen LogP contribution in [0.5, 0.6) is 0 Å². The summed E-state index contributed by atoms with van der Waals surface area (Å²) < 4.78 is 0. The average Bonchev–Trinajstić information content (AvgIpc) is 2.87. The molecule has 0 saturated carbocycles. The van der Waals surface area contributed by atoms with Gasteiger partial charge in [-0.05, 0) is 45.1 Å². The third-order valence-corrected chi connectivity index (χ3v) is 3.99. The monoisotopic (exact) mass is 272 g/mol. The molecule has 5 nitrogen and oxygen atoms in total. The van der Waals surface area contributed by atoms with Crippen molar-refractivity contribution in [3.05, 3.63) is 30.0 Å². The van der Waals surface area contributed by atoms with Crippen molar-refractivity contribution in [1.82, 2.24) is 15.2 Å². The van der Waals surface area contributed by atoms with E-state index in [1.807, 2.05) is 24.3 Å². The van der Waals surface area contributed by atoms with E-state index < -0.39 is 0 Å². The molecule has 3 rings (SSSR count). The second-order valence-corrected chi connectivity index (χ2v) is 5.55. The topological polar surface area (TPSA) is 74.2 Å². The molecule has 0 unspecified atom stereocenters. The molecule has 1 aliphatic rings. The number of para-hydroxylation sites is 1. The lowest BCUT2D eigenvalue weighted by atomic mass is 10.1. The molecule has 1 aliphatic heterocycles. The zero-order valence-electron chi connectivity index (χ0n) is 11.6. The van der Waals surface area contributed by atoms with Crippen molar-refractivity contribution in [2.24, 2.45) is 0 Å². The Morgan fingerprint density at radius 2 is 2.15 bits per heavy atom. The van der Waals surface area contributed by atoms with Gasteiger partial charge in [-0.25, -0.2) is 0 Å². The Hall–Kier alpha value is -2.01. The first kappa shape index (κ1) is 13.0. The van der Waals surface area contributed by atoms with Crippen LogP contribution >= 0.6 is 0 Å². The van der Waals surface area contributed by atoms with Gasteiger partial charge in [0.1, 0.15) is 5.69 Å². The first-order valence-electron chi connectivity index (χ1n) is 7.00. The number of hydrogen-bond donors (Lipinski definition) is 3. The van der Waals surface area contributed by atoms with Crippen molar-refractivity contribution in [1.29, 1.82) is 0 Å². The van der Waals surface area contributed by atoms with E-state index in [2.05, 4.69) is 22.2 Å². The summed E-state index contributed by atoms with van der Waals surface area (Å²) in [6.07, 6.45) is 2.01. The number of fused-ring (bicyclic) bond motifs is 1. The number of nitrogens with two attached hydrogens (primary N) is 1. The number of carbonyl (C=O) groups excluding carboxylic acids is 1. The molecule has 0 bridgehead atoms. The van der Waals surface area contributed by atoms with Gasteiger partial charge < -0.3 is 20.9 Å². The number of nitrogens with one attached hydrogen (secondary N) is 2. The molecule has 1 amide bonds. The number of nitrogens with zero attached hydrogens (tertiary/aromatic N) is 1. The van der Waals surface area contributed by atoms with Crippen molar-refractivity contribution >= 4 is 22.5 Å². The lowest BCUT2D eigenvalue weighted by Crippen LogP contribution is -2.43. The summed E-state index contributed by atoms with van der Waals surface area (Å²) >= 11 is 0. The van der Waals surface area contributed by atoms with Gasteiger partial charge >= 0.3 is 0 Å². The molecule has 0 aliphatic carbocycles. The van der Waals surface area contributed by atoms with E-state index in [4.69, 9.17) is 5.73 Å². The lowest BCUT2D eigenvalue weighted by molar-refractivity contribution is 0.0912. The van der Waals surface area contributed by atoms with Gasteiger partial charge in [-0.15, -0.1) is 0 Å². The van der Waals surface area contributed by atoms with E-state index in [1.165, 1.54) is 0 Å². The highest BCUT2D eigenvalue weighted by molar-refractivity contribution is 6.00. The molecular formula is C15H20N4O. The fourth-order valence-electron chi connectivity index (χ4n) is 2.72. The average molecular weight is 272 g/mol. The van der Waals surface area contributed by atoms with E-state index in [9.17, 15) is 4.79 Å². The molecule has 0 spiro atoms. The predicted octanol–water partition coefficient (Wildman–Crippen LogP) is 1.57. The number of H-pyrrole nitrogens is 1. The van der Waals surface area contributed by atoms with Crippen LogP contribution in [0.2, 0.25) is 0 Å². The molecule has 1 aromatic carbocycles. The van der Waals surface area contributed by atoms with Gasteiger partial charge in [0.15, 0.2) is 0 Å². The molecule has 0 radical (unpaired) electrons. The van der Waals surface area contributed by atoms with E-state index in [0.717, 1.165) is 36.8 Å².